The molecule has 126 valence electrons. The zero-order valence-corrected chi connectivity index (χ0v) is 14.3. The molecule has 0 fully saturated rings. The van der Waals surface area contributed by atoms with Gasteiger partial charge in [-0.2, -0.15) is 0 Å². The summed E-state index contributed by atoms with van der Waals surface area (Å²) in [5.41, 5.74) is 1.58. The second-order valence-corrected chi connectivity index (χ2v) is 6.59. The van der Waals surface area contributed by atoms with E-state index in [-0.39, 0.29) is 15.6 Å². The Hall–Kier alpha value is -2.77. The number of hydrogen-bond donors (Lipinski definition) is 1. The van der Waals surface area contributed by atoms with Crippen LogP contribution >= 0.6 is 22.9 Å². The maximum atomic E-state index is 11.5. The summed E-state index contributed by atoms with van der Waals surface area (Å²) in [5, 5.41) is 20.9. The van der Waals surface area contributed by atoms with Crippen LogP contribution in [0.15, 0.2) is 48.5 Å². The van der Waals surface area contributed by atoms with E-state index in [1.807, 2.05) is 30.3 Å². The number of thiazole rings is 1. The van der Waals surface area contributed by atoms with Gasteiger partial charge >= 0.3 is 5.97 Å². The third-order valence-corrected chi connectivity index (χ3v) is 4.95. The molecule has 2 aromatic carbocycles. The fourth-order valence-electron chi connectivity index (χ4n) is 2.34. The summed E-state index contributed by atoms with van der Waals surface area (Å²) in [6.45, 7) is 0. The van der Waals surface area contributed by atoms with Crippen LogP contribution in [0.25, 0.3) is 10.6 Å². The third-order valence-electron chi connectivity index (χ3n) is 3.50. The van der Waals surface area contributed by atoms with Crippen molar-refractivity contribution in [1.29, 1.82) is 0 Å². The van der Waals surface area contributed by atoms with Crippen molar-refractivity contribution in [1.82, 2.24) is 4.98 Å². The summed E-state index contributed by atoms with van der Waals surface area (Å²) in [6.07, 6.45) is 0.370. The van der Waals surface area contributed by atoms with E-state index in [4.69, 9.17) is 11.6 Å². The van der Waals surface area contributed by atoms with E-state index in [0.29, 0.717) is 22.7 Å². The van der Waals surface area contributed by atoms with Crippen molar-refractivity contribution in [2.45, 2.75) is 6.42 Å². The lowest BCUT2D eigenvalue weighted by Gasteiger charge is -2.00. The quantitative estimate of drug-likeness (QED) is 0.517. The maximum absolute atomic E-state index is 11.5. The van der Waals surface area contributed by atoms with Crippen LogP contribution in [-0.2, 0) is 6.42 Å². The van der Waals surface area contributed by atoms with Crippen molar-refractivity contribution in [3.8, 4) is 10.6 Å². The molecule has 0 bridgehead atoms. The third kappa shape index (κ3) is 3.67. The van der Waals surface area contributed by atoms with Gasteiger partial charge in [0.25, 0.3) is 5.69 Å². The Balaban J connectivity index is 2.04. The number of hydrogen-bond acceptors (Lipinski definition) is 5. The van der Waals surface area contributed by atoms with Gasteiger partial charge in [-0.15, -0.1) is 11.3 Å². The Morgan fingerprint density at radius 2 is 1.96 bits per heavy atom. The highest BCUT2D eigenvalue weighted by atomic mass is 35.5. The van der Waals surface area contributed by atoms with E-state index >= 15 is 0 Å². The first-order valence-electron chi connectivity index (χ1n) is 7.17. The molecule has 0 saturated carbocycles. The van der Waals surface area contributed by atoms with Crippen molar-refractivity contribution < 1.29 is 14.8 Å². The summed E-state index contributed by atoms with van der Waals surface area (Å²) in [4.78, 5) is 26.5. The van der Waals surface area contributed by atoms with Gasteiger partial charge in [-0.1, -0.05) is 41.9 Å². The molecular weight excluding hydrogens is 364 g/mol. The van der Waals surface area contributed by atoms with Crippen LogP contribution in [0.2, 0.25) is 5.02 Å². The first kappa shape index (κ1) is 17.1. The van der Waals surface area contributed by atoms with E-state index in [9.17, 15) is 20.0 Å². The number of carboxylic acid groups (broad SMARTS) is 1. The number of nitrogens with zero attached hydrogens (tertiary/aromatic N) is 2. The lowest BCUT2D eigenvalue weighted by atomic mass is 10.1. The smallest absolute Gasteiger partial charge is 0.347 e. The number of halogens is 1. The lowest BCUT2D eigenvalue weighted by Crippen LogP contribution is -1.99. The molecule has 1 aromatic heterocycles. The number of rotatable bonds is 5. The van der Waals surface area contributed by atoms with E-state index in [0.717, 1.165) is 16.9 Å². The SMILES string of the molecule is O=C(O)c1sc(-c2ccc(Cl)c([N+](=O)[O-])c2)nc1Cc1ccccc1. The van der Waals surface area contributed by atoms with Gasteiger partial charge < -0.3 is 5.11 Å². The minimum Gasteiger partial charge on any atom is -0.477 e. The minimum atomic E-state index is -1.07. The van der Waals surface area contributed by atoms with Crippen LogP contribution in [-0.4, -0.2) is 21.0 Å². The molecule has 0 unspecified atom stereocenters. The summed E-state index contributed by atoms with van der Waals surface area (Å²) in [6, 6.07) is 13.7. The Kier molecular flexibility index (Phi) is 4.78. The molecule has 0 amide bonds. The van der Waals surface area contributed by atoms with Crippen LogP contribution < -0.4 is 0 Å². The molecule has 1 N–H and O–H groups in total. The molecular formula is C17H11ClN2O4S. The van der Waals surface area contributed by atoms with Crippen LogP contribution in [0.4, 0.5) is 5.69 Å². The summed E-state index contributed by atoms with van der Waals surface area (Å²) in [5.74, 6) is -1.07. The number of carboxylic acids is 1. The van der Waals surface area contributed by atoms with Gasteiger partial charge in [0, 0.05) is 18.1 Å². The van der Waals surface area contributed by atoms with Crippen molar-refractivity contribution in [2.75, 3.05) is 0 Å². The predicted octanol–water partition coefficient (Wildman–Crippen LogP) is 4.66. The zero-order chi connectivity index (χ0) is 18.0. The average Bonchev–Trinajstić information content (AvgIpc) is 3.00. The van der Waals surface area contributed by atoms with E-state index in [1.165, 1.54) is 12.1 Å². The molecule has 3 rings (SSSR count). The normalized spacial score (nSPS) is 10.6. The zero-order valence-electron chi connectivity index (χ0n) is 12.7. The highest BCUT2D eigenvalue weighted by Gasteiger charge is 2.20. The molecule has 0 saturated heterocycles. The van der Waals surface area contributed by atoms with E-state index in [1.54, 1.807) is 6.07 Å². The lowest BCUT2D eigenvalue weighted by molar-refractivity contribution is -0.384. The second-order valence-electron chi connectivity index (χ2n) is 5.19. The Bertz CT molecular complexity index is 957. The van der Waals surface area contributed by atoms with Gasteiger partial charge in [0.15, 0.2) is 0 Å². The minimum absolute atomic E-state index is 0.0215. The van der Waals surface area contributed by atoms with Crippen molar-refractivity contribution in [2.24, 2.45) is 0 Å². The predicted molar refractivity (Wildman–Crippen MR) is 95.4 cm³/mol. The van der Waals surface area contributed by atoms with Gasteiger partial charge in [-0.25, -0.2) is 9.78 Å². The number of aromatic nitrogens is 1. The molecule has 0 atom stereocenters. The topological polar surface area (TPSA) is 93.3 Å². The number of benzene rings is 2. The maximum Gasteiger partial charge on any atom is 0.347 e. The van der Waals surface area contributed by atoms with Gasteiger partial charge in [0.2, 0.25) is 0 Å². The van der Waals surface area contributed by atoms with E-state index < -0.39 is 10.9 Å². The van der Waals surface area contributed by atoms with Gasteiger partial charge in [-0.05, 0) is 17.7 Å². The molecule has 8 heteroatoms. The first-order chi connectivity index (χ1) is 12.0. The van der Waals surface area contributed by atoms with Gasteiger partial charge in [0.05, 0.1) is 10.6 Å². The highest BCUT2D eigenvalue weighted by molar-refractivity contribution is 7.17. The Morgan fingerprint density at radius 1 is 1.24 bits per heavy atom. The molecule has 0 radical (unpaired) electrons. The van der Waals surface area contributed by atoms with Crippen molar-refractivity contribution in [3.05, 3.63) is 79.8 Å². The van der Waals surface area contributed by atoms with Gasteiger partial charge in [0.1, 0.15) is 14.9 Å². The van der Waals surface area contributed by atoms with E-state index in [2.05, 4.69) is 4.98 Å². The fraction of sp³-hybridized carbons (Fsp3) is 0.0588. The number of nitro benzene ring substituents is 1. The van der Waals surface area contributed by atoms with Crippen LogP contribution in [0.5, 0.6) is 0 Å². The summed E-state index contributed by atoms with van der Waals surface area (Å²) < 4.78 is 0. The summed E-state index contributed by atoms with van der Waals surface area (Å²) in [7, 11) is 0. The number of nitro groups is 1. The Morgan fingerprint density at radius 3 is 2.60 bits per heavy atom. The van der Waals surface area contributed by atoms with Crippen LogP contribution in [0.1, 0.15) is 20.9 Å². The number of carbonyl (C=O) groups is 1. The molecule has 6 nitrogen and oxygen atoms in total. The monoisotopic (exact) mass is 374 g/mol. The molecule has 0 aliphatic heterocycles. The highest BCUT2D eigenvalue weighted by Crippen LogP contribution is 2.34. The van der Waals surface area contributed by atoms with Crippen molar-refractivity contribution >= 4 is 34.6 Å². The fourth-order valence-corrected chi connectivity index (χ4v) is 3.44. The Labute approximate surface area is 151 Å². The van der Waals surface area contributed by atoms with Crippen LogP contribution in [0.3, 0.4) is 0 Å². The van der Waals surface area contributed by atoms with Crippen LogP contribution in [0, 0.1) is 10.1 Å². The number of aromatic carboxylic acids is 1. The first-order valence-corrected chi connectivity index (χ1v) is 8.36. The standard InChI is InChI=1S/C17H11ClN2O4S/c18-12-7-6-11(9-14(12)20(23)24)16-19-13(15(25-16)17(21)22)8-10-4-2-1-3-5-10/h1-7,9H,8H2,(H,21,22). The largest absolute Gasteiger partial charge is 0.477 e. The molecule has 3 aromatic rings. The van der Waals surface area contributed by atoms with Crippen molar-refractivity contribution in [3.63, 3.8) is 0 Å². The molecule has 1 heterocycles. The van der Waals surface area contributed by atoms with Gasteiger partial charge in [-0.3, -0.25) is 10.1 Å². The molecule has 0 spiro atoms. The molecule has 0 aliphatic carbocycles. The summed E-state index contributed by atoms with van der Waals surface area (Å²) >= 11 is 6.81. The average molecular weight is 375 g/mol. The second kappa shape index (κ2) is 7.00. The molecule has 0 aliphatic rings. The molecule has 25 heavy (non-hydrogen) atoms.